The minimum absolute atomic E-state index is 0.0503. The maximum Gasteiger partial charge on any atom is 0.262 e. The van der Waals surface area contributed by atoms with Crippen LogP contribution in [0.25, 0.3) is 10.2 Å². The summed E-state index contributed by atoms with van der Waals surface area (Å²) in [4.78, 5) is 35.0. The van der Waals surface area contributed by atoms with Crippen molar-refractivity contribution in [3.8, 4) is 0 Å². The van der Waals surface area contributed by atoms with Gasteiger partial charge in [0.1, 0.15) is 4.83 Å². The van der Waals surface area contributed by atoms with Crippen LogP contribution in [0.15, 0.2) is 65.0 Å². The molecule has 0 atom stereocenters. The molecule has 0 aliphatic rings. The first kappa shape index (κ1) is 20.5. The Labute approximate surface area is 183 Å². The van der Waals surface area contributed by atoms with E-state index < -0.39 is 0 Å². The van der Waals surface area contributed by atoms with Crippen molar-refractivity contribution in [2.75, 3.05) is 6.54 Å². The van der Waals surface area contributed by atoms with Crippen LogP contribution >= 0.6 is 22.7 Å². The van der Waals surface area contributed by atoms with E-state index in [1.54, 1.807) is 23.7 Å². The molecule has 5 nitrogen and oxygen atoms in total. The fourth-order valence-electron chi connectivity index (χ4n) is 3.39. The summed E-state index contributed by atoms with van der Waals surface area (Å²) >= 11 is 3.17. The number of benzene rings is 1. The van der Waals surface area contributed by atoms with E-state index in [0.29, 0.717) is 25.0 Å². The highest BCUT2D eigenvalue weighted by Crippen LogP contribution is 2.18. The number of hydrogen-bond donors (Lipinski definition) is 0. The second-order valence-electron chi connectivity index (χ2n) is 7.20. The van der Waals surface area contributed by atoms with E-state index in [1.807, 2.05) is 28.5 Å². The third-order valence-corrected chi connectivity index (χ3v) is 6.83. The van der Waals surface area contributed by atoms with E-state index in [4.69, 9.17) is 0 Å². The summed E-state index contributed by atoms with van der Waals surface area (Å²) in [5.41, 5.74) is 1.12. The molecule has 3 heterocycles. The monoisotopic (exact) mass is 437 g/mol. The number of fused-ring (bicyclic) bond motifs is 1. The zero-order valence-electron chi connectivity index (χ0n) is 16.8. The summed E-state index contributed by atoms with van der Waals surface area (Å²) < 4.78 is 1.54. The Morgan fingerprint density at radius 3 is 2.73 bits per heavy atom. The molecule has 30 heavy (non-hydrogen) atoms. The molecule has 0 spiro atoms. The van der Waals surface area contributed by atoms with Crippen LogP contribution in [-0.4, -0.2) is 26.9 Å². The fraction of sp³-hybridized carbons (Fsp3) is 0.261. The van der Waals surface area contributed by atoms with Gasteiger partial charge in [-0.3, -0.25) is 14.2 Å². The van der Waals surface area contributed by atoms with E-state index in [0.717, 1.165) is 11.3 Å². The highest BCUT2D eigenvalue weighted by Gasteiger charge is 2.16. The lowest BCUT2D eigenvalue weighted by Gasteiger charge is -2.22. The van der Waals surface area contributed by atoms with Crippen molar-refractivity contribution < 1.29 is 4.79 Å². The number of carbonyl (C=O) groups excluding carboxylic acids is 1. The van der Waals surface area contributed by atoms with Crippen LogP contribution in [0.1, 0.15) is 21.7 Å². The van der Waals surface area contributed by atoms with E-state index in [-0.39, 0.29) is 17.9 Å². The highest BCUT2D eigenvalue weighted by atomic mass is 32.1. The van der Waals surface area contributed by atoms with Gasteiger partial charge in [0.25, 0.3) is 5.56 Å². The van der Waals surface area contributed by atoms with E-state index >= 15 is 0 Å². The van der Waals surface area contributed by atoms with Crippen LogP contribution in [0, 0.1) is 6.92 Å². The molecule has 0 saturated heterocycles. The molecule has 0 unspecified atom stereocenters. The van der Waals surface area contributed by atoms with Gasteiger partial charge in [0.2, 0.25) is 5.91 Å². The van der Waals surface area contributed by atoms with Crippen molar-refractivity contribution in [2.24, 2.45) is 0 Å². The Bertz CT molecular complexity index is 1190. The number of amides is 1. The molecular weight excluding hydrogens is 414 g/mol. The van der Waals surface area contributed by atoms with Gasteiger partial charge in [0.05, 0.1) is 18.3 Å². The Kier molecular flexibility index (Phi) is 6.40. The second-order valence-corrected chi connectivity index (χ2v) is 9.46. The van der Waals surface area contributed by atoms with E-state index in [1.165, 1.54) is 31.2 Å². The molecule has 0 N–H and O–H groups in total. The van der Waals surface area contributed by atoms with Crippen molar-refractivity contribution in [1.29, 1.82) is 0 Å². The Morgan fingerprint density at radius 2 is 1.97 bits per heavy atom. The summed E-state index contributed by atoms with van der Waals surface area (Å²) in [6, 6.07) is 16.2. The molecule has 0 fully saturated rings. The molecule has 4 rings (SSSR count). The zero-order valence-corrected chi connectivity index (χ0v) is 18.4. The van der Waals surface area contributed by atoms with Crippen LogP contribution in [0.4, 0.5) is 0 Å². The summed E-state index contributed by atoms with van der Waals surface area (Å²) in [5.74, 6) is 0.0503. The van der Waals surface area contributed by atoms with E-state index in [9.17, 15) is 9.59 Å². The maximum absolute atomic E-state index is 13.1. The number of rotatable bonds is 8. The second kappa shape index (κ2) is 9.36. The Balaban J connectivity index is 1.46. The normalized spacial score (nSPS) is 11.1. The molecule has 154 valence electrons. The maximum atomic E-state index is 13.1. The molecule has 0 aliphatic heterocycles. The lowest BCUT2D eigenvalue weighted by Crippen LogP contribution is -2.33. The lowest BCUT2D eigenvalue weighted by atomic mass is 10.1. The first-order valence-electron chi connectivity index (χ1n) is 9.90. The van der Waals surface area contributed by atoms with Crippen LogP contribution in [0.2, 0.25) is 0 Å². The topological polar surface area (TPSA) is 55.2 Å². The van der Waals surface area contributed by atoms with Crippen LogP contribution in [-0.2, 0) is 24.3 Å². The molecule has 0 aliphatic carbocycles. The van der Waals surface area contributed by atoms with Crippen molar-refractivity contribution >= 4 is 38.8 Å². The number of hydrogen-bond acceptors (Lipinski definition) is 5. The predicted molar refractivity (Wildman–Crippen MR) is 123 cm³/mol. The van der Waals surface area contributed by atoms with Crippen molar-refractivity contribution in [3.63, 3.8) is 0 Å². The number of carbonyl (C=O) groups is 1. The third-order valence-electron chi connectivity index (χ3n) is 5.03. The lowest BCUT2D eigenvalue weighted by molar-refractivity contribution is -0.132. The van der Waals surface area contributed by atoms with Crippen LogP contribution < -0.4 is 5.56 Å². The summed E-state index contributed by atoms with van der Waals surface area (Å²) in [6.45, 7) is 3.66. The summed E-state index contributed by atoms with van der Waals surface area (Å²) in [7, 11) is 0. The number of nitrogens with zero attached hydrogens (tertiary/aromatic N) is 3. The van der Waals surface area contributed by atoms with Gasteiger partial charge in [0, 0.05) is 29.3 Å². The minimum Gasteiger partial charge on any atom is -0.337 e. The standard InChI is InChI=1S/C23H23N3O2S2/c1-17-7-8-19(30-17)15-25(12-9-18-5-3-2-4-6-18)21(27)10-13-26-16-24-22-20(23(26)28)11-14-29-22/h2-8,11,14,16H,9-10,12-13,15H2,1H3. The number of aryl methyl sites for hydroxylation is 2. The van der Waals surface area contributed by atoms with Crippen molar-refractivity contribution in [3.05, 3.63) is 85.9 Å². The quantitative estimate of drug-likeness (QED) is 0.408. The van der Waals surface area contributed by atoms with Gasteiger partial charge in [0.15, 0.2) is 0 Å². The molecule has 1 aromatic carbocycles. The van der Waals surface area contributed by atoms with E-state index in [2.05, 4.69) is 36.2 Å². The Hall–Kier alpha value is -2.77. The summed E-state index contributed by atoms with van der Waals surface area (Å²) in [6.07, 6.45) is 2.63. The first-order chi connectivity index (χ1) is 14.6. The number of aromatic nitrogens is 2. The SMILES string of the molecule is Cc1ccc(CN(CCc2ccccc2)C(=O)CCn2cnc3sccc3c2=O)s1. The molecule has 7 heteroatoms. The molecule has 3 aromatic heterocycles. The highest BCUT2D eigenvalue weighted by molar-refractivity contribution is 7.16. The van der Waals surface area contributed by atoms with Crippen molar-refractivity contribution in [2.45, 2.75) is 32.9 Å². The largest absolute Gasteiger partial charge is 0.337 e. The van der Waals surface area contributed by atoms with Gasteiger partial charge >= 0.3 is 0 Å². The molecule has 0 bridgehead atoms. The molecule has 1 amide bonds. The average Bonchev–Trinajstić information content (AvgIpc) is 3.40. The van der Waals surface area contributed by atoms with Gasteiger partial charge in [-0.25, -0.2) is 4.98 Å². The Morgan fingerprint density at radius 1 is 1.13 bits per heavy atom. The van der Waals surface area contributed by atoms with Crippen molar-refractivity contribution in [1.82, 2.24) is 14.5 Å². The predicted octanol–water partition coefficient (Wildman–Crippen LogP) is 4.49. The van der Waals surface area contributed by atoms with Gasteiger partial charge in [-0.2, -0.15) is 0 Å². The first-order valence-corrected chi connectivity index (χ1v) is 11.6. The minimum atomic E-state index is -0.0845. The average molecular weight is 438 g/mol. The molecule has 0 saturated carbocycles. The zero-order chi connectivity index (χ0) is 20.9. The number of thiophene rings is 2. The van der Waals surface area contributed by atoms with Crippen LogP contribution in [0.5, 0.6) is 0 Å². The fourth-order valence-corrected chi connectivity index (χ4v) is 5.02. The summed E-state index contributed by atoms with van der Waals surface area (Å²) in [5, 5.41) is 2.48. The van der Waals surface area contributed by atoms with Gasteiger partial charge in [-0.15, -0.1) is 22.7 Å². The smallest absolute Gasteiger partial charge is 0.262 e. The molecular formula is C23H23N3O2S2. The molecule has 4 aromatic rings. The molecule has 0 radical (unpaired) electrons. The third kappa shape index (κ3) is 4.86. The van der Waals surface area contributed by atoms with Gasteiger partial charge in [-0.1, -0.05) is 30.3 Å². The van der Waals surface area contributed by atoms with Gasteiger partial charge in [-0.05, 0) is 42.5 Å². The van der Waals surface area contributed by atoms with Crippen LogP contribution in [0.3, 0.4) is 0 Å². The van der Waals surface area contributed by atoms with Gasteiger partial charge < -0.3 is 4.90 Å².